The molecule has 1 rings (SSSR count). The van der Waals surface area contributed by atoms with Crippen LogP contribution in [0.3, 0.4) is 0 Å². The number of amides is 1. The number of carbonyl (C=O) groups excluding carboxylic acids is 1. The van der Waals surface area contributed by atoms with Gasteiger partial charge in [-0.2, -0.15) is 0 Å². The Hall–Kier alpha value is -0.286. The maximum Gasteiger partial charge on any atom is 0.265 e. The van der Waals surface area contributed by atoms with Gasteiger partial charge in [0, 0.05) is 45.7 Å². The molecule has 0 fully saturated rings. The zero-order valence-corrected chi connectivity index (χ0v) is 20.4. The smallest absolute Gasteiger partial charge is 0.265 e. The van der Waals surface area contributed by atoms with Gasteiger partial charge in [0.25, 0.3) is 5.91 Å². The molecule has 1 N–H and O–H groups in total. The summed E-state index contributed by atoms with van der Waals surface area (Å²) in [5, 5.41) is 3.21. The Morgan fingerprint density at radius 1 is 1.12 bits per heavy atom. The average Bonchev–Trinajstić information content (AvgIpc) is 2.58. The molecule has 135 valence electrons. The first kappa shape index (κ1) is 24.7. The fourth-order valence-electron chi connectivity index (χ4n) is 3.67. The van der Waals surface area contributed by atoms with Gasteiger partial charge < -0.3 is 5.32 Å². The van der Waals surface area contributed by atoms with Gasteiger partial charge in [0.15, 0.2) is 5.69 Å². The summed E-state index contributed by atoms with van der Waals surface area (Å²) in [5.41, 5.74) is 3.60. The third kappa shape index (κ3) is 5.85. The van der Waals surface area contributed by atoms with Crippen molar-refractivity contribution in [2.24, 2.45) is 0 Å². The molecular formula is C20H32N2OPY+. The molecule has 1 aromatic carbocycles. The van der Waals surface area contributed by atoms with Crippen LogP contribution in [-0.2, 0) is 37.5 Å². The number of hydrogen-bond acceptors (Lipinski definition) is 1. The van der Waals surface area contributed by atoms with E-state index in [9.17, 15) is 4.79 Å². The fourth-order valence-corrected chi connectivity index (χ4v) is 7.70. The molecule has 0 saturated heterocycles. The van der Waals surface area contributed by atoms with Gasteiger partial charge in [-0.15, -0.1) is 0 Å². The fraction of sp³-hybridized carbons (Fsp3) is 0.600. The van der Waals surface area contributed by atoms with E-state index in [-0.39, 0.29) is 44.3 Å². The topological polar surface area (TPSA) is 33.5 Å². The van der Waals surface area contributed by atoms with Gasteiger partial charge in [-0.05, 0) is 52.2 Å². The molecule has 5 heteroatoms. The van der Waals surface area contributed by atoms with Crippen molar-refractivity contribution in [3.8, 4) is 0 Å². The van der Waals surface area contributed by atoms with E-state index in [4.69, 9.17) is 6.57 Å². The van der Waals surface area contributed by atoms with Crippen LogP contribution in [0.1, 0.15) is 51.7 Å². The second-order valence-corrected chi connectivity index (χ2v) is 11.5. The molecule has 0 bridgehead atoms. The predicted molar refractivity (Wildman–Crippen MR) is 108 cm³/mol. The number of nitrogens with zero attached hydrogens (tertiary/aromatic N) is 1. The van der Waals surface area contributed by atoms with Crippen molar-refractivity contribution < 1.29 is 37.5 Å². The molecule has 0 aliphatic heterocycles. The molecule has 0 spiro atoms. The van der Waals surface area contributed by atoms with Crippen LogP contribution in [0.5, 0.6) is 0 Å². The van der Waals surface area contributed by atoms with Crippen LogP contribution in [0.4, 0.5) is 11.4 Å². The number of carbonyl (C=O) groups is 1. The molecule has 1 unspecified atom stereocenters. The minimum Gasteiger partial charge on any atom is -0.322 e. The van der Waals surface area contributed by atoms with Gasteiger partial charge in [-0.25, -0.2) is 4.85 Å². The maximum atomic E-state index is 13.1. The normalized spacial score (nSPS) is 12.0. The van der Waals surface area contributed by atoms with Crippen molar-refractivity contribution in [3.63, 3.8) is 0 Å². The summed E-state index contributed by atoms with van der Waals surface area (Å²) in [6.45, 7) is 20.0. The summed E-state index contributed by atoms with van der Waals surface area (Å²) < 4.78 is 0. The van der Waals surface area contributed by atoms with E-state index in [1.165, 1.54) is 0 Å². The van der Waals surface area contributed by atoms with Gasteiger partial charge in [-0.1, -0.05) is 25.5 Å². The first-order valence-electron chi connectivity index (χ1n) is 9.04. The number of hydrogen-bond donors (Lipinski definition) is 1. The quantitative estimate of drug-likeness (QED) is 0.392. The molecule has 1 radical (unpaired) electrons. The molecule has 0 aliphatic rings. The predicted octanol–water partition coefficient (Wildman–Crippen LogP) is 6.04. The van der Waals surface area contributed by atoms with Crippen molar-refractivity contribution >= 4 is 24.5 Å². The van der Waals surface area contributed by atoms with Crippen molar-refractivity contribution in [2.75, 3.05) is 23.8 Å². The molecule has 1 atom stereocenters. The Bertz CT molecular complexity index is 589. The molecule has 25 heavy (non-hydrogen) atoms. The third-order valence-corrected chi connectivity index (χ3v) is 10.9. The summed E-state index contributed by atoms with van der Waals surface area (Å²) in [5.74, 6) is 0.178. The average molecular weight is 436 g/mol. The van der Waals surface area contributed by atoms with Crippen LogP contribution in [0.2, 0.25) is 0 Å². The molecular weight excluding hydrogens is 404 g/mol. The number of aryl methyl sites for hydroxylation is 2. The Balaban J connectivity index is 0.00000576. The zero-order chi connectivity index (χ0) is 18.3. The number of rotatable bonds is 8. The number of nitrogens with one attached hydrogen (secondary N) is 1. The SMILES string of the molecule is [C-]#[N+]c1cc(C)c(NC(=O)C(CCC)[P+](CC)(CC)CC)c(C)c1.[Y]. The van der Waals surface area contributed by atoms with Crippen molar-refractivity contribution in [1.82, 2.24) is 0 Å². The Morgan fingerprint density at radius 3 is 1.96 bits per heavy atom. The molecule has 3 nitrogen and oxygen atoms in total. The van der Waals surface area contributed by atoms with E-state index in [1.807, 2.05) is 26.0 Å². The minimum absolute atomic E-state index is 0. The molecule has 0 aromatic heterocycles. The largest absolute Gasteiger partial charge is 0.322 e. The summed E-state index contributed by atoms with van der Waals surface area (Å²) in [6.07, 6.45) is 5.40. The van der Waals surface area contributed by atoms with Crippen molar-refractivity contribution in [3.05, 3.63) is 34.7 Å². The van der Waals surface area contributed by atoms with Crippen LogP contribution in [0, 0.1) is 20.4 Å². The summed E-state index contributed by atoms with van der Waals surface area (Å²) in [6, 6.07) is 3.71. The van der Waals surface area contributed by atoms with Gasteiger partial charge in [-0.3, -0.25) is 4.79 Å². The summed E-state index contributed by atoms with van der Waals surface area (Å²) in [7, 11) is -1.26. The van der Waals surface area contributed by atoms with Crippen LogP contribution < -0.4 is 5.32 Å². The molecule has 0 heterocycles. The van der Waals surface area contributed by atoms with Gasteiger partial charge in [0.1, 0.15) is 5.66 Å². The molecule has 1 amide bonds. The zero-order valence-electron chi connectivity index (χ0n) is 16.6. The van der Waals surface area contributed by atoms with E-state index >= 15 is 0 Å². The van der Waals surface area contributed by atoms with Gasteiger partial charge >= 0.3 is 0 Å². The Morgan fingerprint density at radius 2 is 1.60 bits per heavy atom. The monoisotopic (exact) mass is 436 g/mol. The first-order chi connectivity index (χ1) is 11.4. The van der Waals surface area contributed by atoms with Crippen LogP contribution in [0.25, 0.3) is 4.85 Å². The molecule has 0 saturated carbocycles. The minimum atomic E-state index is -1.26. The van der Waals surface area contributed by atoms with Gasteiger partial charge in [0.2, 0.25) is 0 Å². The summed E-state index contributed by atoms with van der Waals surface area (Å²) in [4.78, 5) is 16.6. The standard InChI is InChI=1S/C20H31N2OP.Y/c1-8-12-18(24(9-2,10-3)11-4)20(23)22-19-15(5)13-17(21-7)14-16(19)6;/h13-14,18H,8-12H2,1-6H3;/p+1. The Kier molecular flexibility index (Phi) is 11.3. The van der Waals surface area contributed by atoms with E-state index < -0.39 is 7.26 Å². The van der Waals surface area contributed by atoms with Crippen molar-refractivity contribution in [2.45, 2.75) is 60.0 Å². The summed E-state index contributed by atoms with van der Waals surface area (Å²) >= 11 is 0. The van der Waals surface area contributed by atoms with Crippen molar-refractivity contribution in [1.29, 1.82) is 0 Å². The van der Waals surface area contributed by atoms with Crippen LogP contribution >= 0.6 is 7.26 Å². The number of benzene rings is 1. The van der Waals surface area contributed by atoms with E-state index in [0.717, 1.165) is 48.1 Å². The van der Waals surface area contributed by atoms with Gasteiger partial charge in [0.05, 0.1) is 25.1 Å². The number of anilines is 1. The second kappa shape index (κ2) is 11.4. The Labute approximate surface area is 179 Å². The molecule has 0 aliphatic carbocycles. The van der Waals surface area contributed by atoms with E-state index in [2.05, 4.69) is 37.9 Å². The maximum absolute atomic E-state index is 13.1. The first-order valence-corrected chi connectivity index (χ1v) is 11.5. The van der Waals surface area contributed by atoms with Crippen LogP contribution in [-0.4, -0.2) is 30.1 Å². The molecule has 1 aromatic rings. The van der Waals surface area contributed by atoms with E-state index in [0.29, 0.717) is 5.69 Å². The van der Waals surface area contributed by atoms with Crippen LogP contribution in [0.15, 0.2) is 12.1 Å². The van der Waals surface area contributed by atoms with E-state index in [1.54, 1.807) is 0 Å². The second-order valence-electron chi connectivity index (χ2n) is 6.53. The third-order valence-electron chi connectivity index (χ3n) is 5.31.